The Kier molecular flexibility index (Phi) is 4.92. The summed E-state index contributed by atoms with van der Waals surface area (Å²) in [7, 11) is 0. The Bertz CT molecular complexity index is 374. The molecule has 0 aliphatic heterocycles. The highest BCUT2D eigenvalue weighted by Gasteiger charge is 2.21. The number of hydrogen-bond donors (Lipinski definition) is 0. The fourth-order valence-electron chi connectivity index (χ4n) is 2.35. The van der Waals surface area contributed by atoms with E-state index in [4.69, 9.17) is 0 Å². The molecule has 3 heteroatoms. The smallest absolute Gasteiger partial charge is 0.0408 e. The molecule has 1 fully saturated rings. The van der Waals surface area contributed by atoms with E-state index in [1.54, 1.807) is 0 Å². The van der Waals surface area contributed by atoms with Gasteiger partial charge < -0.3 is 4.90 Å². The van der Waals surface area contributed by atoms with Crippen LogP contribution < -0.4 is 4.90 Å². The molecule has 0 aromatic heterocycles. The second-order valence-electron chi connectivity index (χ2n) is 4.74. The van der Waals surface area contributed by atoms with Gasteiger partial charge in [0.15, 0.2) is 0 Å². The van der Waals surface area contributed by atoms with Gasteiger partial charge in [-0.15, -0.1) is 0 Å². The molecule has 94 valence electrons. The summed E-state index contributed by atoms with van der Waals surface area (Å²) in [6.45, 7) is 4.56. The number of benzene rings is 1. The Balaban J connectivity index is 2.16. The molecule has 0 spiro atoms. The molecule has 1 aliphatic carbocycles. The molecule has 0 radical (unpaired) electrons. The van der Waals surface area contributed by atoms with E-state index in [1.165, 1.54) is 37.1 Å². The maximum atomic E-state index is 3.59. The molecule has 17 heavy (non-hydrogen) atoms. The zero-order valence-corrected chi connectivity index (χ0v) is 13.4. The average molecular weight is 361 g/mol. The molecule has 2 rings (SSSR count). The van der Waals surface area contributed by atoms with Crippen LogP contribution in [0.5, 0.6) is 0 Å². The minimum Gasteiger partial charge on any atom is -0.371 e. The third-order valence-electron chi connectivity index (χ3n) is 3.61. The van der Waals surface area contributed by atoms with Gasteiger partial charge in [0.2, 0.25) is 0 Å². The highest BCUT2D eigenvalue weighted by molar-refractivity contribution is 9.10. The van der Waals surface area contributed by atoms with Gasteiger partial charge in [-0.3, -0.25) is 0 Å². The van der Waals surface area contributed by atoms with Crippen molar-refractivity contribution in [2.75, 3.05) is 18.0 Å². The predicted molar refractivity (Wildman–Crippen MR) is 82.0 cm³/mol. The summed E-state index contributed by atoms with van der Waals surface area (Å²) >= 11 is 7.13. The Morgan fingerprint density at radius 2 is 2.12 bits per heavy atom. The van der Waals surface area contributed by atoms with E-state index in [9.17, 15) is 0 Å². The highest BCUT2D eigenvalue weighted by atomic mass is 79.9. The molecular weight excluding hydrogens is 342 g/mol. The number of anilines is 1. The molecule has 0 saturated heterocycles. The number of nitrogens with zero attached hydrogens (tertiary/aromatic N) is 1. The number of rotatable bonds is 5. The molecule has 0 atom stereocenters. The van der Waals surface area contributed by atoms with Gasteiger partial charge in [0.1, 0.15) is 0 Å². The van der Waals surface area contributed by atoms with Crippen molar-refractivity contribution < 1.29 is 0 Å². The van der Waals surface area contributed by atoms with Crippen molar-refractivity contribution in [2.45, 2.75) is 31.5 Å². The first kappa shape index (κ1) is 13.4. The second-order valence-corrected chi connectivity index (χ2v) is 6.22. The van der Waals surface area contributed by atoms with Crippen LogP contribution >= 0.6 is 31.9 Å². The van der Waals surface area contributed by atoms with Gasteiger partial charge in [-0.2, -0.15) is 0 Å². The van der Waals surface area contributed by atoms with Crippen molar-refractivity contribution in [3.8, 4) is 0 Å². The lowest BCUT2D eigenvalue weighted by molar-refractivity contribution is 0.318. The minimum absolute atomic E-state index is 0.918. The molecule has 1 saturated carbocycles. The summed E-state index contributed by atoms with van der Waals surface area (Å²) in [4.78, 5) is 2.52. The Labute approximate surface area is 121 Å². The normalized spacial score (nSPS) is 15.7. The fourth-order valence-corrected chi connectivity index (χ4v) is 3.21. The van der Waals surface area contributed by atoms with Crippen LogP contribution in [-0.2, 0) is 5.33 Å². The SMILES string of the molecule is CCN(CC1CCC1)c1ccc(Br)cc1CBr. The van der Waals surface area contributed by atoms with Crippen LogP contribution in [0.2, 0.25) is 0 Å². The Hall–Kier alpha value is -0.0200. The topological polar surface area (TPSA) is 3.24 Å². The van der Waals surface area contributed by atoms with Crippen molar-refractivity contribution in [1.82, 2.24) is 0 Å². The van der Waals surface area contributed by atoms with E-state index in [2.05, 4.69) is 61.9 Å². The fraction of sp³-hybridized carbons (Fsp3) is 0.571. The molecule has 0 bridgehead atoms. The van der Waals surface area contributed by atoms with Crippen molar-refractivity contribution in [3.05, 3.63) is 28.2 Å². The molecule has 1 aliphatic rings. The van der Waals surface area contributed by atoms with E-state index in [-0.39, 0.29) is 0 Å². The second kappa shape index (κ2) is 6.24. The van der Waals surface area contributed by atoms with Crippen molar-refractivity contribution >= 4 is 37.5 Å². The third kappa shape index (κ3) is 3.25. The summed E-state index contributed by atoms with van der Waals surface area (Å²) in [6, 6.07) is 6.60. The van der Waals surface area contributed by atoms with Crippen LogP contribution in [0.25, 0.3) is 0 Å². The first-order valence-electron chi connectivity index (χ1n) is 6.34. The zero-order valence-electron chi connectivity index (χ0n) is 10.3. The first-order chi connectivity index (χ1) is 8.24. The quantitative estimate of drug-likeness (QED) is 0.670. The molecule has 1 aromatic rings. The lowest BCUT2D eigenvalue weighted by Gasteiger charge is -2.34. The van der Waals surface area contributed by atoms with Gasteiger partial charge in [0.05, 0.1) is 0 Å². The zero-order chi connectivity index (χ0) is 12.3. The number of halogens is 2. The summed E-state index contributed by atoms with van der Waals surface area (Å²) in [5.41, 5.74) is 2.76. The average Bonchev–Trinajstić information content (AvgIpc) is 2.29. The summed E-state index contributed by atoms with van der Waals surface area (Å²) in [5, 5.41) is 0.920. The molecule has 0 amide bonds. The van der Waals surface area contributed by atoms with Crippen LogP contribution in [0, 0.1) is 5.92 Å². The monoisotopic (exact) mass is 359 g/mol. The third-order valence-corrected chi connectivity index (χ3v) is 4.71. The van der Waals surface area contributed by atoms with E-state index < -0.39 is 0 Å². The van der Waals surface area contributed by atoms with E-state index in [0.29, 0.717) is 0 Å². The Morgan fingerprint density at radius 3 is 2.65 bits per heavy atom. The van der Waals surface area contributed by atoms with Gasteiger partial charge >= 0.3 is 0 Å². The van der Waals surface area contributed by atoms with Crippen molar-refractivity contribution in [1.29, 1.82) is 0 Å². The van der Waals surface area contributed by atoms with Gasteiger partial charge in [-0.05, 0) is 49.4 Å². The maximum Gasteiger partial charge on any atom is 0.0408 e. The van der Waals surface area contributed by atoms with Crippen LogP contribution in [0.1, 0.15) is 31.7 Å². The van der Waals surface area contributed by atoms with Crippen LogP contribution in [0.4, 0.5) is 5.69 Å². The van der Waals surface area contributed by atoms with Gasteiger partial charge in [0, 0.05) is 28.6 Å². The molecule has 0 heterocycles. The van der Waals surface area contributed by atoms with Gasteiger partial charge in [0.25, 0.3) is 0 Å². The summed E-state index contributed by atoms with van der Waals surface area (Å²) in [6.07, 6.45) is 4.25. The molecule has 1 aromatic carbocycles. The lowest BCUT2D eigenvalue weighted by Crippen LogP contribution is -2.32. The number of alkyl halides is 1. The minimum atomic E-state index is 0.918. The standard InChI is InChI=1S/C14H19Br2N/c1-2-17(10-11-4-3-5-11)14-7-6-13(16)8-12(14)9-15/h6-8,11H,2-5,9-10H2,1H3. The van der Waals surface area contributed by atoms with Crippen LogP contribution in [-0.4, -0.2) is 13.1 Å². The molecule has 0 N–H and O–H groups in total. The number of hydrogen-bond acceptors (Lipinski definition) is 1. The van der Waals surface area contributed by atoms with E-state index in [1.807, 2.05) is 0 Å². The molecular formula is C14H19Br2N. The van der Waals surface area contributed by atoms with Gasteiger partial charge in [-0.25, -0.2) is 0 Å². The Morgan fingerprint density at radius 1 is 1.35 bits per heavy atom. The van der Waals surface area contributed by atoms with Crippen molar-refractivity contribution in [3.63, 3.8) is 0 Å². The lowest BCUT2D eigenvalue weighted by atomic mass is 9.85. The van der Waals surface area contributed by atoms with Crippen LogP contribution in [0.15, 0.2) is 22.7 Å². The molecule has 0 unspecified atom stereocenters. The predicted octanol–water partition coefficient (Wildman–Crippen LogP) is 4.97. The van der Waals surface area contributed by atoms with Crippen molar-refractivity contribution in [2.24, 2.45) is 5.92 Å². The van der Waals surface area contributed by atoms with Crippen LogP contribution in [0.3, 0.4) is 0 Å². The van der Waals surface area contributed by atoms with Gasteiger partial charge in [-0.1, -0.05) is 38.3 Å². The van der Waals surface area contributed by atoms with E-state index in [0.717, 1.165) is 22.3 Å². The largest absolute Gasteiger partial charge is 0.371 e. The summed E-state index contributed by atoms with van der Waals surface area (Å²) < 4.78 is 1.16. The first-order valence-corrected chi connectivity index (χ1v) is 8.25. The summed E-state index contributed by atoms with van der Waals surface area (Å²) in [5.74, 6) is 0.918. The maximum absolute atomic E-state index is 3.59. The molecule has 1 nitrogen and oxygen atoms in total. The highest BCUT2D eigenvalue weighted by Crippen LogP contribution is 2.31. The van der Waals surface area contributed by atoms with E-state index >= 15 is 0 Å².